The number of amides is 1. The van der Waals surface area contributed by atoms with Gasteiger partial charge < -0.3 is 15.9 Å². The monoisotopic (exact) mass is 241 g/mol. The average Bonchev–Trinajstić information content (AvgIpc) is 2.29. The van der Waals surface area contributed by atoms with Gasteiger partial charge in [-0.2, -0.15) is 11.8 Å². The number of benzene rings is 1. The van der Waals surface area contributed by atoms with Gasteiger partial charge in [0.2, 0.25) is 5.91 Å². The van der Waals surface area contributed by atoms with Crippen molar-refractivity contribution in [1.82, 2.24) is 0 Å². The molecule has 0 saturated carbocycles. The smallest absolute Gasteiger partial charge is 0.248 e. The van der Waals surface area contributed by atoms with E-state index in [2.05, 4.69) is 0 Å². The molecule has 1 aromatic carbocycles. The van der Waals surface area contributed by atoms with E-state index in [-0.39, 0.29) is 6.61 Å². The number of primary amides is 1. The Kier molecular flexibility index (Phi) is 5.31. The molecule has 88 valence electrons. The first-order valence-electron chi connectivity index (χ1n) is 4.89. The van der Waals surface area contributed by atoms with Gasteiger partial charge in [-0.1, -0.05) is 12.1 Å². The van der Waals surface area contributed by atoms with Crippen molar-refractivity contribution < 1.29 is 15.0 Å². The fourth-order valence-electron chi connectivity index (χ4n) is 1.13. The van der Waals surface area contributed by atoms with Crippen molar-refractivity contribution in [2.75, 3.05) is 12.4 Å². The van der Waals surface area contributed by atoms with Gasteiger partial charge in [0.25, 0.3) is 0 Å². The van der Waals surface area contributed by atoms with E-state index >= 15 is 0 Å². The van der Waals surface area contributed by atoms with Crippen LogP contribution in [0, 0.1) is 0 Å². The lowest BCUT2D eigenvalue weighted by atomic mass is 10.1. The molecule has 0 spiro atoms. The summed E-state index contributed by atoms with van der Waals surface area (Å²) in [7, 11) is 0. The Morgan fingerprint density at radius 1 is 1.38 bits per heavy atom. The van der Waals surface area contributed by atoms with E-state index < -0.39 is 12.0 Å². The molecular weight excluding hydrogens is 226 g/mol. The summed E-state index contributed by atoms with van der Waals surface area (Å²) in [6.45, 7) is -0.215. The van der Waals surface area contributed by atoms with Crippen molar-refractivity contribution in [3.63, 3.8) is 0 Å². The number of rotatable bonds is 6. The molecule has 0 bridgehead atoms. The third-order valence-corrected chi connectivity index (χ3v) is 3.19. The summed E-state index contributed by atoms with van der Waals surface area (Å²) >= 11 is 1.53. The number of nitrogens with two attached hydrogens (primary N) is 1. The Morgan fingerprint density at radius 2 is 2.00 bits per heavy atom. The first-order valence-corrected chi connectivity index (χ1v) is 6.04. The maximum Gasteiger partial charge on any atom is 0.248 e. The van der Waals surface area contributed by atoms with Crippen molar-refractivity contribution in [2.45, 2.75) is 11.9 Å². The van der Waals surface area contributed by atoms with Crippen molar-refractivity contribution in [2.24, 2.45) is 5.73 Å². The second-order valence-electron chi connectivity index (χ2n) is 3.41. The lowest BCUT2D eigenvalue weighted by Gasteiger charge is -2.06. The first-order chi connectivity index (χ1) is 7.63. The van der Waals surface area contributed by atoms with E-state index in [0.717, 1.165) is 11.3 Å². The van der Waals surface area contributed by atoms with Gasteiger partial charge in [0, 0.05) is 17.1 Å². The molecule has 4 N–H and O–H groups in total. The van der Waals surface area contributed by atoms with Crippen LogP contribution in [0.5, 0.6) is 0 Å². The second-order valence-corrected chi connectivity index (χ2v) is 4.44. The summed E-state index contributed by atoms with van der Waals surface area (Å²) in [6.07, 6.45) is -0.671. The van der Waals surface area contributed by atoms with Gasteiger partial charge in [-0.05, 0) is 17.7 Å². The molecule has 0 radical (unpaired) electrons. The van der Waals surface area contributed by atoms with Crippen LogP contribution in [0.25, 0.3) is 0 Å². The molecule has 16 heavy (non-hydrogen) atoms. The zero-order chi connectivity index (χ0) is 12.0. The second kappa shape index (κ2) is 6.52. The highest BCUT2D eigenvalue weighted by Gasteiger charge is 2.03. The summed E-state index contributed by atoms with van der Waals surface area (Å²) in [6, 6.07) is 7.03. The van der Waals surface area contributed by atoms with E-state index in [0.29, 0.717) is 11.3 Å². The molecule has 5 heteroatoms. The molecule has 1 unspecified atom stereocenters. The number of hydrogen-bond donors (Lipinski definition) is 3. The minimum absolute atomic E-state index is 0.215. The largest absolute Gasteiger partial charge is 0.394 e. The summed E-state index contributed by atoms with van der Waals surface area (Å²) < 4.78 is 0. The molecule has 0 heterocycles. The SMILES string of the molecule is NC(=O)c1ccc(CSCC(O)CO)cc1. The Morgan fingerprint density at radius 3 is 2.50 bits per heavy atom. The number of aliphatic hydroxyl groups is 2. The van der Waals surface area contributed by atoms with Crippen LogP contribution in [0.2, 0.25) is 0 Å². The number of carbonyl (C=O) groups is 1. The highest BCUT2D eigenvalue weighted by molar-refractivity contribution is 7.98. The summed E-state index contributed by atoms with van der Waals surface area (Å²) in [5.41, 5.74) is 6.66. The van der Waals surface area contributed by atoms with E-state index in [1.807, 2.05) is 12.1 Å². The zero-order valence-corrected chi connectivity index (χ0v) is 9.61. The zero-order valence-electron chi connectivity index (χ0n) is 8.80. The normalized spacial score (nSPS) is 12.4. The molecule has 0 aliphatic heterocycles. The standard InChI is InChI=1S/C11H15NO3S/c12-11(15)9-3-1-8(2-4-9)6-16-7-10(14)5-13/h1-4,10,13-14H,5-7H2,(H2,12,15). The number of hydrogen-bond acceptors (Lipinski definition) is 4. The maximum atomic E-state index is 10.8. The quantitative estimate of drug-likeness (QED) is 0.672. The predicted octanol–water partition coefficient (Wildman–Crippen LogP) is 0.372. The summed E-state index contributed by atoms with van der Waals surface area (Å²) in [4.78, 5) is 10.8. The molecule has 0 fully saturated rings. The topological polar surface area (TPSA) is 83.6 Å². The highest BCUT2D eigenvalue weighted by atomic mass is 32.2. The van der Waals surface area contributed by atoms with Gasteiger partial charge in [-0.15, -0.1) is 0 Å². The van der Waals surface area contributed by atoms with Gasteiger partial charge >= 0.3 is 0 Å². The van der Waals surface area contributed by atoms with Gasteiger partial charge in [0.05, 0.1) is 12.7 Å². The molecule has 1 rings (SSSR count). The number of thioether (sulfide) groups is 1. The molecule has 0 aliphatic rings. The molecule has 0 aliphatic carbocycles. The molecule has 0 saturated heterocycles. The van der Waals surface area contributed by atoms with E-state index in [9.17, 15) is 4.79 Å². The fourth-order valence-corrected chi connectivity index (χ4v) is 2.05. The van der Waals surface area contributed by atoms with E-state index in [1.165, 1.54) is 11.8 Å². The first kappa shape index (κ1) is 13.0. The molecule has 1 aromatic rings. The molecular formula is C11H15NO3S. The Hall–Kier alpha value is -1.04. The van der Waals surface area contributed by atoms with E-state index in [1.54, 1.807) is 12.1 Å². The maximum absolute atomic E-state index is 10.8. The van der Waals surface area contributed by atoms with Crippen molar-refractivity contribution in [1.29, 1.82) is 0 Å². The molecule has 4 nitrogen and oxygen atoms in total. The molecule has 1 amide bonds. The third kappa shape index (κ3) is 4.22. The van der Waals surface area contributed by atoms with E-state index in [4.69, 9.17) is 15.9 Å². The van der Waals surface area contributed by atoms with Crippen molar-refractivity contribution >= 4 is 17.7 Å². The third-order valence-electron chi connectivity index (χ3n) is 2.03. The van der Waals surface area contributed by atoms with Crippen LogP contribution in [0.4, 0.5) is 0 Å². The van der Waals surface area contributed by atoms with Crippen LogP contribution in [0.1, 0.15) is 15.9 Å². The molecule has 0 aromatic heterocycles. The predicted molar refractivity (Wildman–Crippen MR) is 64.2 cm³/mol. The minimum Gasteiger partial charge on any atom is -0.394 e. The average molecular weight is 241 g/mol. The highest BCUT2D eigenvalue weighted by Crippen LogP contribution is 2.13. The Bertz CT molecular complexity index is 340. The van der Waals surface area contributed by atoms with Gasteiger partial charge in [-0.25, -0.2) is 0 Å². The van der Waals surface area contributed by atoms with Gasteiger partial charge in [0.15, 0.2) is 0 Å². The minimum atomic E-state index is -0.671. The fraction of sp³-hybridized carbons (Fsp3) is 0.364. The van der Waals surface area contributed by atoms with Crippen LogP contribution >= 0.6 is 11.8 Å². The van der Waals surface area contributed by atoms with Crippen molar-refractivity contribution in [3.05, 3.63) is 35.4 Å². The lowest BCUT2D eigenvalue weighted by molar-refractivity contribution is 0.100. The molecule has 1 atom stereocenters. The van der Waals surface area contributed by atoms with Gasteiger partial charge in [-0.3, -0.25) is 4.79 Å². The van der Waals surface area contributed by atoms with Crippen LogP contribution < -0.4 is 5.73 Å². The summed E-state index contributed by atoms with van der Waals surface area (Å²) in [5, 5.41) is 17.7. The Balaban J connectivity index is 2.40. The van der Waals surface area contributed by atoms with Gasteiger partial charge in [0.1, 0.15) is 0 Å². The summed E-state index contributed by atoms with van der Waals surface area (Å²) in [5.74, 6) is 0.791. The van der Waals surface area contributed by atoms with Crippen molar-refractivity contribution in [3.8, 4) is 0 Å². The van der Waals surface area contributed by atoms with Crippen LogP contribution in [0.3, 0.4) is 0 Å². The number of aliphatic hydroxyl groups excluding tert-OH is 2. The lowest BCUT2D eigenvalue weighted by Crippen LogP contribution is -2.14. The Labute approximate surface area is 98.5 Å². The van der Waals surface area contributed by atoms with Crippen LogP contribution in [0.15, 0.2) is 24.3 Å². The van der Waals surface area contributed by atoms with Crippen LogP contribution in [-0.2, 0) is 5.75 Å². The number of carbonyl (C=O) groups excluding carboxylic acids is 1. The van der Waals surface area contributed by atoms with Crippen LogP contribution in [-0.4, -0.2) is 34.6 Å².